The number of aryl methyl sites for hydroxylation is 1. The molecule has 0 aromatic heterocycles. The normalized spacial score (nSPS) is 17.8. The van der Waals surface area contributed by atoms with E-state index in [0.29, 0.717) is 6.61 Å². The van der Waals surface area contributed by atoms with Gasteiger partial charge in [0.2, 0.25) is 0 Å². The van der Waals surface area contributed by atoms with Gasteiger partial charge in [-0.25, -0.2) is 0 Å². The number of piperazine rings is 1. The summed E-state index contributed by atoms with van der Waals surface area (Å²) in [4.78, 5) is 2.42. The van der Waals surface area contributed by atoms with Crippen LogP contribution in [0.15, 0.2) is 12.1 Å². The quantitative estimate of drug-likeness (QED) is 0.839. The van der Waals surface area contributed by atoms with Gasteiger partial charge in [0.25, 0.3) is 0 Å². The Hall–Kier alpha value is -1.10. The van der Waals surface area contributed by atoms with Crippen LogP contribution in [0.1, 0.15) is 56.9 Å². The zero-order chi connectivity index (χ0) is 17.7. The van der Waals surface area contributed by atoms with Crippen molar-refractivity contribution in [3.63, 3.8) is 0 Å². The molecule has 2 N–H and O–H groups in total. The molecule has 1 heterocycles. The Morgan fingerprint density at radius 2 is 1.92 bits per heavy atom. The number of aliphatic hydroxyl groups excluding tert-OH is 1. The van der Waals surface area contributed by atoms with Gasteiger partial charge in [0.15, 0.2) is 0 Å². The zero-order valence-electron chi connectivity index (χ0n) is 16.0. The SMILES string of the molecule is CCOc1c(C(O)CCN2CCNCC2)cc(C)cc1C(C)(C)C. The van der Waals surface area contributed by atoms with Gasteiger partial charge in [0.1, 0.15) is 5.75 Å². The van der Waals surface area contributed by atoms with Crippen LogP contribution >= 0.6 is 0 Å². The highest BCUT2D eigenvalue weighted by Crippen LogP contribution is 2.38. The third-order valence-corrected chi connectivity index (χ3v) is 4.65. The number of nitrogens with zero attached hydrogens (tertiary/aromatic N) is 1. The molecule has 1 aliphatic rings. The summed E-state index contributed by atoms with van der Waals surface area (Å²) in [5.41, 5.74) is 3.29. The summed E-state index contributed by atoms with van der Waals surface area (Å²) >= 11 is 0. The van der Waals surface area contributed by atoms with Gasteiger partial charge in [-0.15, -0.1) is 0 Å². The van der Waals surface area contributed by atoms with Crippen molar-refractivity contribution in [1.29, 1.82) is 0 Å². The number of ether oxygens (including phenoxy) is 1. The maximum absolute atomic E-state index is 10.9. The molecule has 1 aromatic carbocycles. The lowest BCUT2D eigenvalue weighted by atomic mass is 9.83. The van der Waals surface area contributed by atoms with Crippen molar-refractivity contribution in [1.82, 2.24) is 10.2 Å². The van der Waals surface area contributed by atoms with Crippen molar-refractivity contribution in [3.8, 4) is 5.75 Å². The molecule has 1 aliphatic heterocycles. The molecule has 0 bridgehead atoms. The summed E-state index contributed by atoms with van der Waals surface area (Å²) in [6.45, 7) is 16.4. The monoisotopic (exact) mass is 334 g/mol. The van der Waals surface area contributed by atoms with Crippen molar-refractivity contribution in [2.45, 2.75) is 52.6 Å². The third-order valence-electron chi connectivity index (χ3n) is 4.65. The van der Waals surface area contributed by atoms with E-state index in [0.717, 1.165) is 50.5 Å². The van der Waals surface area contributed by atoms with Crippen LogP contribution < -0.4 is 10.1 Å². The smallest absolute Gasteiger partial charge is 0.128 e. The van der Waals surface area contributed by atoms with Crippen LogP contribution in [0.25, 0.3) is 0 Å². The van der Waals surface area contributed by atoms with Crippen molar-refractivity contribution >= 4 is 0 Å². The lowest BCUT2D eigenvalue weighted by Gasteiger charge is -2.29. The van der Waals surface area contributed by atoms with Crippen molar-refractivity contribution < 1.29 is 9.84 Å². The fourth-order valence-electron chi connectivity index (χ4n) is 3.31. The van der Waals surface area contributed by atoms with Crippen molar-refractivity contribution in [2.24, 2.45) is 0 Å². The van der Waals surface area contributed by atoms with E-state index < -0.39 is 6.10 Å². The number of aliphatic hydroxyl groups is 1. The molecule has 0 saturated carbocycles. The molecule has 4 heteroatoms. The van der Waals surface area contributed by atoms with E-state index in [1.165, 1.54) is 11.1 Å². The molecule has 1 saturated heterocycles. The highest BCUT2D eigenvalue weighted by atomic mass is 16.5. The molecule has 1 atom stereocenters. The molecule has 0 radical (unpaired) electrons. The molecule has 0 amide bonds. The van der Waals surface area contributed by atoms with Gasteiger partial charge in [-0.1, -0.05) is 32.4 Å². The van der Waals surface area contributed by atoms with E-state index in [1.807, 2.05) is 6.92 Å². The highest BCUT2D eigenvalue weighted by molar-refractivity contribution is 5.48. The molecular formula is C20H34N2O2. The van der Waals surface area contributed by atoms with Crippen LogP contribution in [0.5, 0.6) is 5.75 Å². The first-order chi connectivity index (χ1) is 11.3. The Balaban J connectivity index is 2.21. The lowest BCUT2D eigenvalue weighted by Crippen LogP contribution is -2.44. The maximum Gasteiger partial charge on any atom is 0.128 e. The molecule has 1 fully saturated rings. The average Bonchev–Trinajstić information content (AvgIpc) is 2.54. The topological polar surface area (TPSA) is 44.7 Å². The Morgan fingerprint density at radius 1 is 1.25 bits per heavy atom. The maximum atomic E-state index is 10.9. The second-order valence-corrected chi connectivity index (χ2v) is 7.81. The van der Waals surface area contributed by atoms with Gasteiger partial charge < -0.3 is 20.1 Å². The number of hydrogen-bond donors (Lipinski definition) is 2. The molecule has 136 valence electrons. The first-order valence-electron chi connectivity index (χ1n) is 9.22. The average molecular weight is 335 g/mol. The number of nitrogens with one attached hydrogen (secondary N) is 1. The van der Waals surface area contributed by atoms with Crippen LogP contribution in [0.4, 0.5) is 0 Å². The Labute approximate surface area is 147 Å². The van der Waals surface area contributed by atoms with E-state index in [4.69, 9.17) is 4.74 Å². The molecule has 1 aromatic rings. The Kier molecular flexibility index (Phi) is 6.67. The summed E-state index contributed by atoms with van der Waals surface area (Å²) in [5.74, 6) is 0.878. The first-order valence-corrected chi connectivity index (χ1v) is 9.22. The number of hydrogen-bond acceptors (Lipinski definition) is 4. The minimum Gasteiger partial charge on any atom is -0.493 e. The number of benzene rings is 1. The number of rotatable bonds is 6. The molecule has 4 nitrogen and oxygen atoms in total. The summed E-state index contributed by atoms with van der Waals surface area (Å²) < 4.78 is 5.98. The highest BCUT2D eigenvalue weighted by Gasteiger charge is 2.25. The molecule has 0 spiro atoms. The molecule has 1 unspecified atom stereocenters. The van der Waals surface area contributed by atoms with E-state index in [-0.39, 0.29) is 5.41 Å². The standard InChI is InChI=1S/C20H34N2O2/c1-6-24-19-16(13-15(2)14-17(19)20(3,4)5)18(23)7-10-22-11-8-21-9-12-22/h13-14,18,21,23H,6-12H2,1-5H3. The van der Waals surface area contributed by atoms with Gasteiger partial charge in [-0.2, -0.15) is 0 Å². The van der Waals surface area contributed by atoms with Gasteiger partial charge in [-0.05, 0) is 31.7 Å². The summed E-state index contributed by atoms with van der Waals surface area (Å²) in [5, 5.41) is 14.2. The summed E-state index contributed by atoms with van der Waals surface area (Å²) in [6.07, 6.45) is 0.259. The van der Waals surface area contributed by atoms with E-state index in [2.05, 4.69) is 50.0 Å². The van der Waals surface area contributed by atoms with Crippen LogP contribution in [-0.4, -0.2) is 49.3 Å². The fourth-order valence-corrected chi connectivity index (χ4v) is 3.31. The van der Waals surface area contributed by atoms with E-state index in [1.54, 1.807) is 0 Å². The summed E-state index contributed by atoms with van der Waals surface area (Å²) in [6, 6.07) is 4.28. The Bertz CT molecular complexity index is 531. The molecule has 24 heavy (non-hydrogen) atoms. The third kappa shape index (κ3) is 4.95. The van der Waals surface area contributed by atoms with Crippen LogP contribution in [0, 0.1) is 6.92 Å². The minimum absolute atomic E-state index is 0.0104. The van der Waals surface area contributed by atoms with Gasteiger partial charge in [-0.3, -0.25) is 0 Å². The predicted octanol–water partition coefficient (Wildman–Crippen LogP) is 3.02. The van der Waals surface area contributed by atoms with E-state index in [9.17, 15) is 5.11 Å². The van der Waals surface area contributed by atoms with Crippen LogP contribution in [0.3, 0.4) is 0 Å². The molecular weight excluding hydrogens is 300 g/mol. The second-order valence-electron chi connectivity index (χ2n) is 7.81. The van der Waals surface area contributed by atoms with Crippen molar-refractivity contribution in [3.05, 3.63) is 28.8 Å². The van der Waals surface area contributed by atoms with Crippen molar-refractivity contribution in [2.75, 3.05) is 39.3 Å². The summed E-state index contributed by atoms with van der Waals surface area (Å²) in [7, 11) is 0. The van der Waals surface area contributed by atoms with Gasteiger partial charge in [0, 0.05) is 43.9 Å². The van der Waals surface area contributed by atoms with Gasteiger partial charge >= 0.3 is 0 Å². The predicted molar refractivity (Wildman–Crippen MR) is 99.9 cm³/mol. The van der Waals surface area contributed by atoms with E-state index >= 15 is 0 Å². The molecule has 0 aliphatic carbocycles. The first kappa shape index (κ1) is 19.2. The molecule has 2 rings (SSSR count). The fraction of sp³-hybridized carbons (Fsp3) is 0.700. The van der Waals surface area contributed by atoms with Crippen LogP contribution in [-0.2, 0) is 5.41 Å². The van der Waals surface area contributed by atoms with Gasteiger partial charge in [0.05, 0.1) is 12.7 Å². The lowest BCUT2D eigenvalue weighted by molar-refractivity contribution is 0.133. The minimum atomic E-state index is -0.484. The largest absolute Gasteiger partial charge is 0.493 e. The van der Waals surface area contributed by atoms with Crippen LogP contribution in [0.2, 0.25) is 0 Å². The zero-order valence-corrected chi connectivity index (χ0v) is 16.0. The second kappa shape index (κ2) is 8.32. The Morgan fingerprint density at radius 3 is 2.50 bits per heavy atom.